The Labute approximate surface area is 508 Å². The lowest BCUT2D eigenvalue weighted by Crippen LogP contribution is -2.61. The summed E-state index contributed by atoms with van der Waals surface area (Å²) >= 11 is 0. The Bertz CT molecular complexity index is 2870. The summed E-state index contributed by atoms with van der Waals surface area (Å²) in [5.41, 5.74) is 19.9. The minimum absolute atomic E-state index is 0.0120. The van der Waals surface area contributed by atoms with Crippen LogP contribution in [0.1, 0.15) is 133 Å². The van der Waals surface area contributed by atoms with Gasteiger partial charge in [0.1, 0.15) is 54.1 Å². The third-order valence-corrected chi connectivity index (χ3v) is 15.4. The minimum Gasteiger partial charge on any atom is -0.508 e. The summed E-state index contributed by atoms with van der Waals surface area (Å²) < 4.78 is 0. The second-order valence-corrected chi connectivity index (χ2v) is 22.8. The molecule has 1 heterocycles. The molecule has 30 nitrogen and oxygen atoms in total. The van der Waals surface area contributed by atoms with Gasteiger partial charge in [0.15, 0.2) is 5.96 Å². The second-order valence-electron chi connectivity index (χ2n) is 22.8. The van der Waals surface area contributed by atoms with Crippen molar-refractivity contribution in [1.29, 1.82) is 5.41 Å². The molecule has 0 aliphatic heterocycles. The van der Waals surface area contributed by atoms with E-state index in [2.05, 4.69) is 58.2 Å². The van der Waals surface area contributed by atoms with Gasteiger partial charge in [-0.3, -0.25) is 62.9 Å². The number of rotatable bonds is 36. The standard InChI is InChI=1S/C58H85N15O15/c1-30(74)49(73-56(87)45(27-46(59)77)71-53(84)40(20-21-48(79)80)69-54(85)43(66-31(2)75)24-34-16-18-36(76)19-17-34)57(88)72-42(23-32-9-4-3-5-10-32)51(82)65-29-47(78)67-44(25-33-14-15-33)55(86)68-39(13-8-22-63-58(61)62)52(83)70-41(50(60)81)26-35-28-64-38-12-7-6-11-37(35)38/h7,12,16-19,28,30,32-33,39-45,49,64,74,76H,3-6,8-11,13-15,20-27,29H2,1-2H3,(H2,59,77)(H2,60,81)(H,65,82)(H,66,75)(H,67,78)(H,68,86)(H,69,85)(H,70,83)(H,71,84)(H,72,88)(H,73,87)(H,79,80)(H4,61,62,63)/t30-,39+,40+,41+,42+,43-,44+,45+,49+/m1/s1. The summed E-state index contributed by atoms with van der Waals surface area (Å²) in [6, 6.07) is -6.12. The fraction of sp³-hybridized carbons (Fsp3) is 0.569. The van der Waals surface area contributed by atoms with Crippen molar-refractivity contribution in [2.24, 2.45) is 29.0 Å². The number of primary amides is 2. The molecule has 2 fully saturated rings. The predicted octanol–water partition coefficient (Wildman–Crippen LogP) is -2.88. The van der Waals surface area contributed by atoms with Crippen LogP contribution in [0, 0.1) is 17.2 Å². The Kier molecular flexibility index (Phi) is 27.2. The summed E-state index contributed by atoms with van der Waals surface area (Å²) in [5.74, 6) is -12.0. The van der Waals surface area contributed by atoms with E-state index in [0.29, 0.717) is 24.8 Å². The number of aromatic nitrogens is 1. The Hall–Kier alpha value is -9.09. The monoisotopic (exact) mass is 1230 g/mol. The topological polar surface area (TPSA) is 504 Å². The van der Waals surface area contributed by atoms with E-state index in [1.54, 1.807) is 6.20 Å². The molecule has 0 saturated heterocycles. The minimum atomic E-state index is -1.90. The number of nitrogens with two attached hydrogens (primary N) is 3. The molecule has 21 N–H and O–H groups in total. The highest BCUT2D eigenvalue weighted by molar-refractivity contribution is 5.99. The summed E-state index contributed by atoms with van der Waals surface area (Å²) in [5, 5.41) is 62.8. The maximum Gasteiger partial charge on any atom is 0.303 e. The van der Waals surface area contributed by atoms with Gasteiger partial charge in [-0.15, -0.1) is 0 Å². The number of phenolic OH excluding ortho intramolecular Hbond substituents is 1. The molecule has 0 spiro atoms. The highest BCUT2D eigenvalue weighted by Crippen LogP contribution is 2.34. The number of aliphatic hydroxyl groups excluding tert-OH is 1. The number of aliphatic carboxylic acids is 1. The fourth-order valence-corrected chi connectivity index (χ4v) is 10.5. The second kappa shape index (κ2) is 34.3. The zero-order chi connectivity index (χ0) is 64.6. The molecule has 3 aliphatic carbocycles. The number of aliphatic hydroxyl groups is 1. The lowest BCUT2D eigenvalue weighted by atomic mass is 9.84. The first-order valence-electron chi connectivity index (χ1n) is 29.6. The normalized spacial score (nSPS) is 16.7. The number of aromatic amines is 1. The number of guanidine groups is 1. The van der Waals surface area contributed by atoms with Crippen LogP contribution in [0.4, 0.5) is 0 Å². The molecule has 30 heteroatoms. The Morgan fingerprint density at radius 3 is 1.81 bits per heavy atom. The number of amides is 11. The number of benzene rings is 1. The number of hydrogen-bond donors (Lipinski definition) is 18. The van der Waals surface area contributed by atoms with Gasteiger partial charge in [0.2, 0.25) is 65.0 Å². The number of H-pyrrole nitrogens is 1. The van der Waals surface area contributed by atoms with Crippen LogP contribution in [0.15, 0.2) is 36.5 Å². The van der Waals surface area contributed by atoms with Gasteiger partial charge < -0.3 is 90.7 Å². The summed E-state index contributed by atoms with van der Waals surface area (Å²) in [7, 11) is 0. The van der Waals surface area contributed by atoms with Crippen molar-refractivity contribution >= 4 is 83.0 Å². The number of carboxylic acid groups (broad SMARTS) is 1. The molecule has 3 aliphatic rings. The third-order valence-electron chi connectivity index (χ3n) is 15.4. The number of carboxylic acids is 1. The molecule has 2 saturated carbocycles. The third kappa shape index (κ3) is 23.6. The number of nitrogens with one attached hydrogen (secondary N) is 12. The van der Waals surface area contributed by atoms with Crippen molar-refractivity contribution in [3.05, 3.63) is 58.9 Å². The van der Waals surface area contributed by atoms with E-state index in [0.717, 1.165) is 69.2 Å². The maximum absolute atomic E-state index is 14.2. The lowest BCUT2D eigenvalue weighted by Gasteiger charge is -2.29. The molecule has 0 unspecified atom stereocenters. The van der Waals surface area contributed by atoms with Crippen LogP contribution in [0.2, 0.25) is 0 Å². The van der Waals surface area contributed by atoms with E-state index in [1.807, 2.05) is 12.2 Å². The summed E-state index contributed by atoms with van der Waals surface area (Å²) in [6.45, 7) is 1.73. The molecule has 11 amide bonds. The van der Waals surface area contributed by atoms with Crippen LogP contribution in [-0.4, -0.2) is 165 Å². The van der Waals surface area contributed by atoms with Crippen molar-refractivity contribution < 1.29 is 72.9 Å². The highest BCUT2D eigenvalue weighted by Gasteiger charge is 2.38. The molecule has 1 aromatic heterocycles. The number of carbonyl (C=O) groups is 12. The van der Waals surface area contributed by atoms with Gasteiger partial charge in [-0.25, -0.2) is 0 Å². The molecule has 0 bridgehead atoms. The molecule has 482 valence electrons. The first-order chi connectivity index (χ1) is 41.8. The van der Waals surface area contributed by atoms with Crippen LogP contribution in [0.3, 0.4) is 0 Å². The average molecular weight is 1230 g/mol. The van der Waals surface area contributed by atoms with Crippen molar-refractivity contribution in [2.75, 3.05) is 13.1 Å². The van der Waals surface area contributed by atoms with Gasteiger partial charge in [-0.05, 0) is 98.6 Å². The van der Waals surface area contributed by atoms with Gasteiger partial charge >= 0.3 is 5.97 Å². The number of phenols is 1. The van der Waals surface area contributed by atoms with Gasteiger partial charge in [0, 0.05) is 44.6 Å². The van der Waals surface area contributed by atoms with E-state index < -0.39 is 151 Å². The van der Waals surface area contributed by atoms with Gasteiger partial charge in [0.25, 0.3) is 0 Å². The summed E-state index contributed by atoms with van der Waals surface area (Å²) in [4.78, 5) is 164. The molecule has 88 heavy (non-hydrogen) atoms. The van der Waals surface area contributed by atoms with E-state index in [-0.39, 0.29) is 68.6 Å². The van der Waals surface area contributed by atoms with Crippen molar-refractivity contribution in [2.45, 2.75) is 184 Å². The number of fused-ring (bicyclic) bond motifs is 1. The van der Waals surface area contributed by atoms with E-state index >= 15 is 0 Å². The predicted molar refractivity (Wildman–Crippen MR) is 317 cm³/mol. The van der Waals surface area contributed by atoms with Crippen LogP contribution in [0.25, 0.3) is 6.08 Å². The zero-order valence-electron chi connectivity index (χ0n) is 49.5. The van der Waals surface area contributed by atoms with Crippen LogP contribution < -0.4 is 70.4 Å². The van der Waals surface area contributed by atoms with Gasteiger partial charge in [-0.2, -0.15) is 0 Å². The number of allylic oxidation sites excluding steroid dienone is 1. The van der Waals surface area contributed by atoms with E-state index in [1.165, 1.54) is 24.3 Å². The molecular formula is C58H85N15O15. The molecule has 0 radical (unpaired) electrons. The van der Waals surface area contributed by atoms with Crippen molar-refractivity contribution in [3.8, 4) is 5.75 Å². The lowest BCUT2D eigenvalue weighted by molar-refractivity contribution is -0.139. The molecular weight excluding hydrogens is 1150 g/mol. The number of carbonyl (C=O) groups excluding carboxylic acids is 11. The van der Waals surface area contributed by atoms with E-state index in [4.69, 9.17) is 22.6 Å². The van der Waals surface area contributed by atoms with Crippen molar-refractivity contribution in [1.82, 2.24) is 58.2 Å². The number of hydrogen-bond acceptors (Lipinski definition) is 15. The molecule has 9 atom stereocenters. The van der Waals surface area contributed by atoms with Crippen molar-refractivity contribution in [3.63, 3.8) is 0 Å². The SMILES string of the molecule is CC(=O)N[C@H](Cc1ccc(O)cc1)C(=O)N[C@@H](CCC(=O)O)C(=O)N[C@@H](CC(N)=O)C(=O)N[C@H](C(=O)N[C@@H](CC1CCCCC1)C(=O)NCC(=O)N[C@@H](CC1CC1)C(=O)N[C@@H](CCCNC(=N)N)C(=O)N[C@@H](Cc1c[nH]c2c1CCC=C2)C(N)=O)[C@@H](C)O. The quantitative estimate of drug-likeness (QED) is 0.0185. The Balaban J connectivity index is 1.27. The zero-order valence-corrected chi connectivity index (χ0v) is 49.5. The maximum atomic E-state index is 14.2. The number of aromatic hydroxyl groups is 1. The Morgan fingerprint density at radius 2 is 1.22 bits per heavy atom. The first-order valence-corrected chi connectivity index (χ1v) is 29.6. The first kappa shape index (κ1) is 69.7. The van der Waals surface area contributed by atoms with Gasteiger partial charge in [0.05, 0.1) is 19.1 Å². The summed E-state index contributed by atoms with van der Waals surface area (Å²) in [6.07, 6.45) is 9.25. The highest BCUT2D eigenvalue weighted by atomic mass is 16.4. The average Bonchev–Trinajstić information content (AvgIpc) is 4.31. The van der Waals surface area contributed by atoms with Crippen LogP contribution in [-0.2, 0) is 76.8 Å². The van der Waals surface area contributed by atoms with Gasteiger partial charge in [-0.1, -0.05) is 63.2 Å². The van der Waals surface area contributed by atoms with E-state index in [9.17, 15) is 72.9 Å². The fourth-order valence-electron chi connectivity index (χ4n) is 10.5. The Morgan fingerprint density at radius 1 is 0.648 bits per heavy atom. The van der Waals surface area contributed by atoms with Crippen LogP contribution >= 0.6 is 0 Å². The molecule has 2 aromatic rings. The smallest absolute Gasteiger partial charge is 0.303 e. The molecule has 5 rings (SSSR count). The largest absolute Gasteiger partial charge is 0.508 e. The molecule has 1 aromatic carbocycles. The van der Waals surface area contributed by atoms with Crippen LogP contribution in [0.5, 0.6) is 5.75 Å².